The van der Waals surface area contributed by atoms with Gasteiger partial charge in [0.05, 0.1) is 11.5 Å². The molecule has 0 aromatic rings. The minimum absolute atomic E-state index is 0.151. The third-order valence-electron chi connectivity index (χ3n) is 3.77. The van der Waals surface area contributed by atoms with Crippen molar-refractivity contribution in [2.75, 3.05) is 26.2 Å². The molecule has 0 aliphatic carbocycles. The van der Waals surface area contributed by atoms with Crippen LogP contribution in [0.1, 0.15) is 46.0 Å². The predicted octanol–water partition coefficient (Wildman–Crippen LogP) is 2.38. The largest absolute Gasteiger partial charge is 0.330 e. The highest BCUT2D eigenvalue weighted by Crippen LogP contribution is 2.22. The third kappa shape index (κ3) is 5.52. The van der Waals surface area contributed by atoms with Gasteiger partial charge in [-0.05, 0) is 65.1 Å². The van der Waals surface area contributed by atoms with Crippen molar-refractivity contribution in [3.8, 4) is 6.07 Å². The van der Waals surface area contributed by atoms with Crippen molar-refractivity contribution >= 4 is 0 Å². The molecule has 3 nitrogen and oxygen atoms in total. The SMILES string of the molecule is CC(C)(C#N)CCCCN1CCCC(CN)C1. The molecule has 1 heterocycles. The van der Waals surface area contributed by atoms with Gasteiger partial charge in [-0.1, -0.05) is 6.42 Å². The van der Waals surface area contributed by atoms with Crippen molar-refractivity contribution < 1.29 is 0 Å². The van der Waals surface area contributed by atoms with E-state index < -0.39 is 0 Å². The number of nitrogens with two attached hydrogens (primary N) is 1. The molecule has 0 radical (unpaired) electrons. The molecule has 0 aromatic carbocycles. The topological polar surface area (TPSA) is 53.0 Å². The number of nitriles is 1. The standard InChI is InChI=1S/C14H27N3/c1-14(2,12-16)7-3-4-8-17-9-5-6-13(10-15)11-17/h13H,3-11,15H2,1-2H3. The number of hydrogen-bond acceptors (Lipinski definition) is 3. The second kappa shape index (κ2) is 6.98. The zero-order valence-corrected chi connectivity index (χ0v) is 11.4. The van der Waals surface area contributed by atoms with Crippen LogP contribution in [0.4, 0.5) is 0 Å². The number of nitrogens with zero attached hydrogens (tertiary/aromatic N) is 2. The van der Waals surface area contributed by atoms with E-state index in [4.69, 9.17) is 11.0 Å². The maximum absolute atomic E-state index is 8.93. The highest BCUT2D eigenvalue weighted by Gasteiger charge is 2.19. The maximum atomic E-state index is 8.93. The van der Waals surface area contributed by atoms with Gasteiger partial charge in [0.1, 0.15) is 0 Å². The Hall–Kier alpha value is -0.590. The lowest BCUT2D eigenvalue weighted by atomic mass is 9.89. The molecule has 0 saturated carbocycles. The lowest BCUT2D eigenvalue weighted by Crippen LogP contribution is -2.38. The number of piperidine rings is 1. The fraction of sp³-hybridized carbons (Fsp3) is 0.929. The molecule has 2 N–H and O–H groups in total. The molecule has 17 heavy (non-hydrogen) atoms. The van der Waals surface area contributed by atoms with Gasteiger partial charge in [-0.15, -0.1) is 0 Å². The highest BCUT2D eigenvalue weighted by molar-refractivity contribution is 4.91. The molecule has 0 spiro atoms. The Kier molecular flexibility index (Phi) is 5.94. The Morgan fingerprint density at radius 3 is 2.82 bits per heavy atom. The molecule has 1 aliphatic heterocycles. The Bertz CT molecular complexity index is 255. The van der Waals surface area contributed by atoms with E-state index >= 15 is 0 Å². The van der Waals surface area contributed by atoms with Crippen LogP contribution in [0.25, 0.3) is 0 Å². The first-order valence-corrected chi connectivity index (χ1v) is 6.91. The average molecular weight is 237 g/mol. The molecule has 98 valence electrons. The average Bonchev–Trinajstić information content (AvgIpc) is 2.35. The van der Waals surface area contributed by atoms with Gasteiger partial charge >= 0.3 is 0 Å². The maximum Gasteiger partial charge on any atom is 0.0683 e. The number of unbranched alkanes of at least 4 members (excludes halogenated alkanes) is 1. The third-order valence-corrected chi connectivity index (χ3v) is 3.77. The van der Waals surface area contributed by atoms with Crippen molar-refractivity contribution in [3.05, 3.63) is 0 Å². The molecule has 3 heteroatoms. The van der Waals surface area contributed by atoms with Gasteiger partial charge < -0.3 is 10.6 Å². The zero-order valence-electron chi connectivity index (χ0n) is 11.4. The van der Waals surface area contributed by atoms with Gasteiger partial charge in [-0.25, -0.2) is 0 Å². The molecule has 1 saturated heterocycles. The Morgan fingerprint density at radius 1 is 1.41 bits per heavy atom. The summed E-state index contributed by atoms with van der Waals surface area (Å²) in [5.41, 5.74) is 5.58. The summed E-state index contributed by atoms with van der Waals surface area (Å²) in [7, 11) is 0. The van der Waals surface area contributed by atoms with E-state index in [2.05, 4.69) is 11.0 Å². The molecule has 0 aromatic heterocycles. The Balaban J connectivity index is 2.12. The van der Waals surface area contributed by atoms with Gasteiger partial charge in [-0.2, -0.15) is 5.26 Å². The van der Waals surface area contributed by atoms with Crippen LogP contribution >= 0.6 is 0 Å². The normalized spacial score (nSPS) is 22.4. The summed E-state index contributed by atoms with van der Waals surface area (Å²) in [5.74, 6) is 0.708. The van der Waals surface area contributed by atoms with E-state index in [1.165, 1.54) is 38.9 Å². The number of likely N-dealkylation sites (tertiary alicyclic amines) is 1. The molecule has 1 aliphatic rings. The van der Waals surface area contributed by atoms with Gasteiger partial charge in [-0.3, -0.25) is 0 Å². The van der Waals surface area contributed by atoms with Crippen LogP contribution in [0.3, 0.4) is 0 Å². The lowest BCUT2D eigenvalue weighted by molar-refractivity contribution is 0.174. The molecule has 0 bridgehead atoms. The Labute approximate surface area is 106 Å². The van der Waals surface area contributed by atoms with Crippen molar-refractivity contribution in [1.29, 1.82) is 5.26 Å². The van der Waals surface area contributed by atoms with E-state index in [0.29, 0.717) is 5.92 Å². The van der Waals surface area contributed by atoms with Crippen LogP contribution in [0, 0.1) is 22.7 Å². The fourth-order valence-corrected chi connectivity index (χ4v) is 2.51. The summed E-state index contributed by atoms with van der Waals surface area (Å²) in [6.45, 7) is 8.48. The monoisotopic (exact) mass is 237 g/mol. The summed E-state index contributed by atoms with van der Waals surface area (Å²) >= 11 is 0. The van der Waals surface area contributed by atoms with E-state index in [1.807, 2.05) is 13.8 Å². The Morgan fingerprint density at radius 2 is 2.18 bits per heavy atom. The predicted molar refractivity (Wildman–Crippen MR) is 71.5 cm³/mol. The van der Waals surface area contributed by atoms with Crippen LogP contribution in [-0.4, -0.2) is 31.1 Å². The fourth-order valence-electron chi connectivity index (χ4n) is 2.51. The van der Waals surface area contributed by atoms with Gasteiger partial charge in [0.15, 0.2) is 0 Å². The van der Waals surface area contributed by atoms with E-state index in [0.717, 1.165) is 19.4 Å². The molecule has 1 rings (SSSR count). The van der Waals surface area contributed by atoms with Gasteiger partial charge in [0, 0.05) is 6.54 Å². The second-order valence-corrected chi connectivity index (χ2v) is 6.00. The van der Waals surface area contributed by atoms with Crippen molar-refractivity contribution in [2.24, 2.45) is 17.1 Å². The number of hydrogen-bond donors (Lipinski definition) is 1. The molecule has 1 unspecified atom stereocenters. The summed E-state index contributed by atoms with van der Waals surface area (Å²) in [6, 6.07) is 2.37. The number of rotatable bonds is 6. The van der Waals surface area contributed by atoms with E-state index in [9.17, 15) is 0 Å². The minimum Gasteiger partial charge on any atom is -0.330 e. The second-order valence-electron chi connectivity index (χ2n) is 6.00. The van der Waals surface area contributed by atoms with Gasteiger partial charge in [0.25, 0.3) is 0 Å². The minimum atomic E-state index is -0.151. The van der Waals surface area contributed by atoms with Crippen LogP contribution in [0.5, 0.6) is 0 Å². The summed E-state index contributed by atoms with van der Waals surface area (Å²) in [6.07, 6.45) is 5.98. The lowest BCUT2D eigenvalue weighted by Gasteiger charge is -2.32. The molecule has 1 atom stereocenters. The van der Waals surface area contributed by atoms with Gasteiger partial charge in [0.2, 0.25) is 0 Å². The first-order chi connectivity index (χ1) is 8.07. The molecular formula is C14H27N3. The van der Waals surface area contributed by atoms with Crippen LogP contribution < -0.4 is 5.73 Å². The van der Waals surface area contributed by atoms with E-state index in [-0.39, 0.29) is 5.41 Å². The molecule has 0 amide bonds. The smallest absolute Gasteiger partial charge is 0.0683 e. The van der Waals surface area contributed by atoms with Crippen LogP contribution in [0.2, 0.25) is 0 Å². The zero-order chi connectivity index (χ0) is 12.7. The summed E-state index contributed by atoms with van der Waals surface area (Å²) in [5, 5.41) is 8.93. The quantitative estimate of drug-likeness (QED) is 0.722. The van der Waals surface area contributed by atoms with Crippen molar-refractivity contribution in [2.45, 2.75) is 46.0 Å². The van der Waals surface area contributed by atoms with Crippen LogP contribution in [-0.2, 0) is 0 Å². The first-order valence-electron chi connectivity index (χ1n) is 6.91. The van der Waals surface area contributed by atoms with Crippen molar-refractivity contribution in [1.82, 2.24) is 4.90 Å². The molecule has 1 fully saturated rings. The highest BCUT2D eigenvalue weighted by atomic mass is 15.1. The first kappa shape index (κ1) is 14.5. The van der Waals surface area contributed by atoms with Crippen LogP contribution in [0.15, 0.2) is 0 Å². The molecular weight excluding hydrogens is 210 g/mol. The van der Waals surface area contributed by atoms with Crippen molar-refractivity contribution in [3.63, 3.8) is 0 Å². The summed E-state index contributed by atoms with van der Waals surface area (Å²) in [4.78, 5) is 2.54. The van der Waals surface area contributed by atoms with E-state index in [1.54, 1.807) is 0 Å². The summed E-state index contributed by atoms with van der Waals surface area (Å²) < 4.78 is 0.